The van der Waals surface area contributed by atoms with Gasteiger partial charge in [0.15, 0.2) is 20.5 Å². The third-order valence-corrected chi connectivity index (χ3v) is 13.9. The van der Waals surface area contributed by atoms with E-state index in [-0.39, 0.29) is 43.2 Å². The summed E-state index contributed by atoms with van der Waals surface area (Å²) in [5, 5.41) is 30.9. The number of fused-ring (bicyclic) bond motifs is 3. The van der Waals surface area contributed by atoms with Crippen LogP contribution in [0.3, 0.4) is 0 Å². The molecule has 1 spiro atoms. The van der Waals surface area contributed by atoms with Crippen LogP contribution in [0.25, 0.3) is 0 Å². The molecule has 0 bridgehead atoms. The fraction of sp³-hybridized carbons (Fsp3) is 0.317. The fourth-order valence-electron chi connectivity index (χ4n) is 8.82. The van der Waals surface area contributed by atoms with Gasteiger partial charge in [0, 0.05) is 47.6 Å². The van der Waals surface area contributed by atoms with Crippen molar-refractivity contribution in [1.82, 2.24) is 15.0 Å². The summed E-state index contributed by atoms with van der Waals surface area (Å²) in [6.45, 7) is 5.82. The Morgan fingerprint density at radius 2 is 1.73 bits per heavy atom. The van der Waals surface area contributed by atoms with Crippen LogP contribution in [0.15, 0.2) is 103 Å². The van der Waals surface area contributed by atoms with Crippen molar-refractivity contribution >= 4 is 42.9 Å². The quantitative estimate of drug-likeness (QED) is 0.0949. The van der Waals surface area contributed by atoms with Gasteiger partial charge in [-0.25, -0.2) is 0 Å². The number of aromatic nitrogens is 3. The van der Waals surface area contributed by atoms with Crippen molar-refractivity contribution in [3.8, 4) is 5.75 Å². The second kappa shape index (κ2) is 14.4. The first-order valence-corrected chi connectivity index (χ1v) is 21.6. The van der Waals surface area contributed by atoms with Crippen molar-refractivity contribution in [2.24, 2.45) is 5.92 Å². The zero-order valence-electron chi connectivity index (χ0n) is 31.2. The van der Waals surface area contributed by atoms with Crippen LogP contribution in [0.1, 0.15) is 41.6 Å². The van der Waals surface area contributed by atoms with Crippen molar-refractivity contribution in [1.29, 1.82) is 0 Å². The topological polar surface area (TPSA) is 173 Å². The molecule has 3 aliphatic heterocycles. The first-order chi connectivity index (χ1) is 26.9. The normalized spacial score (nSPS) is 22.3. The second-order valence-corrected chi connectivity index (χ2v) is 19.2. The van der Waals surface area contributed by atoms with Gasteiger partial charge in [-0.1, -0.05) is 66.7 Å². The molecular formula is C41H42N6O8Si. The third kappa shape index (κ3) is 6.35. The number of para-hydroxylation sites is 2. The lowest BCUT2D eigenvalue weighted by molar-refractivity contribution is -0.385. The predicted octanol–water partition coefficient (Wildman–Crippen LogP) is 5.80. The smallest absolute Gasteiger partial charge is 0.269 e. The summed E-state index contributed by atoms with van der Waals surface area (Å²) in [5.74, 6) is -0.840. The number of nitrogens with zero attached hydrogens (tertiary/aromatic N) is 6. The summed E-state index contributed by atoms with van der Waals surface area (Å²) in [7, 11) is -3.03. The molecule has 3 aliphatic rings. The van der Waals surface area contributed by atoms with E-state index in [4.69, 9.17) is 9.47 Å². The number of ether oxygens (including phenoxy) is 2. The van der Waals surface area contributed by atoms with Crippen LogP contribution < -0.4 is 14.5 Å². The fourth-order valence-corrected chi connectivity index (χ4v) is 11.4. The molecule has 1 saturated heterocycles. The Labute approximate surface area is 324 Å². The van der Waals surface area contributed by atoms with Crippen LogP contribution in [0.5, 0.6) is 5.75 Å². The summed E-state index contributed by atoms with van der Waals surface area (Å²) >= 11 is 0. The second-order valence-electron chi connectivity index (χ2n) is 15.2. The molecule has 5 aromatic rings. The molecular weight excluding hydrogens is 733 g/mol. The number of nitro groups is 1. The lowest BCUT2D eigenvalue weighted by Crippen LogP contribution is -2.46. The Morgan fingerprint density at radius 1 is 1.00 bits per heavy atom. The maximum atomic E-state index is 15.0. The number of hydrogen-bond acceptors (Lipinski definition) is 10. The van der Waals surface area contributed by atoms with Gasteiger partial charge >= 0.3 is 0 Å². The number of rotatable bonds is 11. The Morgan fingerprint density at radius 3 is 2.45 bits per heavy atom. The van der Waals surface area contributed by atoms with Crippen molar-refractivity contribution in [3.05, 3.63) is 136 Å². The van der Waals surface area contributed by atoms with Crippen LogP contribution in [0, 0.1) is 16.0 Å². The van der Waals surface area contributed by atoms with Gasteiger partial charge in [0.1, 0.15) is 5.75 Å². The standard InChI is InChI=1S/C41H42N6O8Si/c1-26-39(56(2,3)53)37(19-20-44-23-33(42-43-44)31(24-48)28-9-5-4-6-10-28)55-41(26)32-21-30(47(51)52)17-18-34(32)45(40(41)50)22-27-13-15-29(16-14-27)46-35-11-7-8-12-36(35)54-25-38(46)49/h4-18,21,23,26,31,37,39,48,53H,19-20,22,24-25H2,1-3H3/t26-,31?,37+,39-,41+/m0/s1. The van der Waals surface area contributed by atoms with Gasteiger partial charge in [0.2, 0.25) is 0 Å². The van der Waals surface area contributed by atoms with Gasteiger partial charge in [0.05, 0.1) is 47.2 Å². The van der Waals surface area contributed by atoms with Gasteiger partial charge < -0.3 is 24.3 Å². The number of benzene rings is 4. The SMILES string of the molecule is C[C@H]1[C@H]([Si](C)(C)O)[C@@H](CCn2cc(C(CO)c3ccccc3)nn2)O[C@]12C(=O)N(Cc1ccc(N3C(=O)COc4ccccc43)cc1)c1ccc([N+](=O)[O-])cc12. The Bertz CT molecular complexity index is 2300. The van der Waals surface area contributed by atoms with E-state index in [9.17, 15) is 29.6 Å². The first kappa shape index (κ1) is 37.2. The van der Waals surface area contributed by atoms with E-state index in [1.54, 1.807) is 26.7 Å². The molecule has 56 heavy (non-hydrogen) atoms. The third-order valence-electron chi connectivity index (χ3n) is 11.4. The molecule has 5 atom stereocenters. The average molecular weight is 775 g/mol. The number of aryl methyl sites for hydroxylation is 1. The van der Waals surface area contributed by atoms with Crippen LogP contribution in [-0.4, -0.2) is 69.3 Å². The number of aliphatic hydroxyl groups excluding tert-OH is 1. The minimum Gasteiger partial charge on any atom is -0.482 e. The average Bonchev–Trinajstić information content (AvgIpc) is 3.85. The Balaban J connectivity index is 1.09. The number of carbonyl (C=O) groups excluding carboxylic acids is 2. The minimum atomic E-state index is -3.03. The molecule has 0 saturated carbocycles. The van der Waals surface area contributed by atoms with E-state index in [0.717, 1.165) is 11.1 Å². The molecule has 15 heteroatoms. The summed E-state index contributed by atoms with van der Waals surface area (Å²) < 4.78 is 14.2. The van der Waals surface area contributed by atoms with Crippen molar-refractivity contribution in [2.75, 3.05) is 23.0 Å². The van der Waals surface area contributed by atoms with Crippen molar-refractivity contribution in [3.63, 3.8) is 0 Å². The highest BCUT2D eigenvalue weighted by atomic mass is 28.4. The molecule has 8 rings (SSSR count). The molecule has 4 heterocycles. The zero-order chi connectivity index (χ0) is 39.4. The summed E-state index contributed by atoms with van der Waals surface area (Å²) in [5.41, 5.74) is 2.32. The van der Waals surface area contributed by atoms with Gasteiger partial charge in [-0.05, 0) is 61.0 Å². The van der Waals surface area contributed by atoms with Crippen molar-refractivity contribution in [2.45, 2.75) is 62.7 Å². The van der Waals surface area contributed by atoms with E-state index in [1.807, 2.05) is 98.9 Å². The molecule has 2 amide bonds. The molecule has 288 valence electrons. The highest BCUT2D eigenvalue weighted by molar-refractivity contribution is 6.71. The monoisotopic (exact) mass is 774 g/mol. The number of hydrogen-bond donors (Lipinski definition) is 2. The summed E-state index contributed by atoms with van der Waals surface area (Å²) in [6, 6.07) is 28.6. The Hall–Kier alpha value is -5.74. The molecule has 0 radical (unpaired) electrons. The number of aliphatic hydroxyl groups is 1. The molecule has 1 fully saturated rings. The number of non-ortho nitro benzene ring substituents is 1. The van der Waals surface area contributed by atoms with E-state index < -0.39 is 36.4 Å². The maximum absolute atomic E-state index is 15.0. The highest BCUT2D eigenvalue weighted by Gasteiger charge is 2.66. The van der Waals surface area contributed by atoms with Crippen LogP contribution in [0.4, 0.5) is 22.7 Å². The molecule has 1 unspecified atom stereocenters. The van der Waals surface area contributed by atoms with Gasteiger partial charge in [-0.3, -0.25) is 29.3 Å². The molecule has 4 aromatic carbocycles. The van der Waals surface area contributed by atoms with E-state index in [2.05, 4.69) is 10.3 Å². The number of amides is 2. The van der Waals surface area contributed by atoms with Gasteiger partial charge in [-0.2, -0.15) is 0 Å². The van der Waals surface area contributed by atoms with E-state index in [1.165, 1.54) is 12.1 Å². The van der Waals surface area contributed by atoms with Gasteiger partial charge in [0.25, 0.3) is 17.5 Å². The zero-order valence-corrected chi connectivity index (χ0v) is 32.2. The van der Waals surface area contributed by atoms with E-state index in [0.29, 0.717) is 47.0 Å². The minimum absolute atomic E-state index is 0.0853. The highest BCUT2D eigenvalue weighted by Crippen LogP contribution is 2.60. The van der Waals surface area contributed by atoms with Crippen LogP contribution in [0.2, 0.25) is 18.6 Å². The largest absolute Gasteiger partial charge is 0.482 e. The number of nitro benzene ring substituents is 1. The molecule has 14 nitrogen and oxygen atoms in total. The molecule has 1 aromatic heterocycles. The summed E-state index contributed by atoms with van der Waals surface area (Å²) in [6.07, 6.45) is 1.59. The van der Waals surface area contributed by atoms with Crippen LogP contribution >= 0.6 is 0 Å². The van der Waals surface area contributed by atoms with E-state index >= 15 is 0 Å². The maximum Gasteiger partial charge on any atom is 0.269 e. The Kier molecular flexibility index (Phi) is 9.56. The van der Waals surface area contributed by atoms with Crippen LogP contribution in [-0.2, 0) is 33.0 Å². The van der Waals surface area contributed by atoms with Gasteiger partial charge in [-0.15, -0.1) is 5.10 Å². The first-order valence-electron chi connectivity index (χ1n) is 18.6. The lowest BCUT2D eigenvalue weighted by atomic mass is 9.82. The molecule has 0 aliphatic carbocycles. The summed E-state index contributed by atoms with van der Waals surface area (Å²) in [4.78, 5) is 54.5. The number of anilines is 3. The number of carbonyl (C=O) groups is 2. The lowest BCUT2D eigenvalue weighted by Gasteiger charge is -2.32. The predicted molar refractivity (Wildman–Crippen MR) is 209 cm³/mol. The molecule has 2 N–H and O–H groups in total. The van der Waals surface area contributed by atoms with Crippen molar-refractivity contribution < 1.29 is 33.9 Å².